The van der Waals surface area contributed by atoms with Crippen molar-refractivity contribution in [2.75, 3.05) is 26.2 Å². The normalized spacial score (nSPS) is 35.5. The number of nitrogens with one attached hydrogen (secondary N) is 1. The first-order valence-corrected chi connectivity index (χ1v) is 7.74. The van der Waals surface area contributed by atoms with E-state index in [1.165, 1.54) is 71.1 Å². The summed E-state index contributed by atoms with van der Waals surface area (Å²) >= 11 is 0. The summed E-state index contributed by atoms with van der Waals surface area (Å²) in [5.74, 6) is 0.907. The molecule has 2 nitrogen and oxygen atoms in total. The molecule has 2 saturated heterocycles. The van der Waals surface area contributed by atoms with Gasteiger partial charge in [-0.2, -0.15) is 0 Å². The van der Waals surface area contributed by atoms with Crippen molar-refractivity contribution in [3.8, 4) is 0 Å². The fraction of sp³-hybridized carbons (Fsp3) is 1.00. The lowest BCUT2D eigenvalue weighted by atomic mass is 9.67. The smallest absolute Gasteiger partial charge is 0.0108 e. The first-order valence-electron chi connectivity index (χ1n) is 7.74. The van der Waals surface area contributed by atoms with Crippen molar-refractivity contribution in [2.24, 2.45) is 11.3 Å². The third-order valence-corrected chi connectivity index (χ3v) is 5.58. The van der Waals surface area contributed by atoms with Gasteiger partial charge in [-0.25, -0.2) is 0 Å². The lowest BCUT2D eigenvalue weighted by Crippen LogP contribution is -2.62. The molecule has 0 aromatic heterocycles. The molecular formula is C15H28N2. The Labute approximate surface area is 106 Å². The highest BCUT2D eigenvalue weighted by molar-refractivity contribution is 4.99. The molecule has 1 saturated carbocycles. The molecule has 3 aliphatic rings. The second-order valence-corrected chi connectivity index (χ2v) is 6.81. The molecule has 17 heavy (non-hydrogen) atoms. The van der Waals surface area contributed by atoms with Gasteiger partial charge in [-0.3, -0.25) is 4.90 Å². The SMILES string of the molecule is CC(C1CCCNC1)N1CC2(CCCCC2)C1. The van der Waals surface area contributed by atoms with Crippen LogP contribution in [0.3, 0.4) is 0 Å². The van der Waals surface area contributed by atoms with Crippen LogP contribution in [0.15, 0.2) is 0 Å². The fourth-order valence-corrected chi connectivity index (χ4v) is 4.31. The predicted molar refractivity (Wildman–Crippen MR) is 72.1 cm³/mol. The highest BCUT2D eigenvalue weighted by Gasteiger charge is 2.45. The third-order valence-electron chi connectivity index (χ3n) is 5.58. The molecule has 0 radical (unpaired) electrons. The molecule has 2 aliphatic heterocycles. The van der Waals surface area contributed by atoms with Crippen molar-refractivity contribution in [2.45, 2.75) is 57.9 Å². The maximum absolute atomic E-state index is 3.56. The minimum atomic E-state index is 0.759. The average molecular weight is 236 g/mol. The lowest BCUT2D eigenvalue weighted by Gasteiger charge is -2.56. The van der Waals surface area contributed by atoms with Crippen LogP contribution in [0, 0.1) is 11.3 Å². The second-order valence-electron chi connectivity index (χ2n) is 6.81. The standard InChI is InChI=1S/C15H28N2/c1-13(14-6-5-9-16-10-14)17-11-15(12-17)7-3-2-4-8-15/h13-14,16H,2-12H2,1H3. The summed E-state index contributed by atoms with van der Waals surface area (Å²) in [5, 5.41) is 3.56. The van der Waals surface area contributed by atoms with Crippen molar-refractivity contribution in [3.63, 3.8) is 0 Å². The van der Waals surface area contributed by atoms with Crippen LogP contribution in [0.1, 0.15) is 51.9 Å². The Morgan fingerprint density at radius 2 is 1.88 bits per heavy atom. The van der Waals surface area contributed by atoms with E-state index >= 15 is 0 Å². The van der Waals surface area contributed by atoms with Gasteiger partial charge in [0, 0.05) is 19.1 Å². The van der Waals surface area contributed by atoms with Gasteiger partial charge < -0.3 is 5.32 Å². The maximum atomic E-state index is 3.56. The molecule has 98 valence electrons. The number of hydrogen-bond acceptors (Lipinski definition) is 2. The summed E-state index contributed by atoms with van der Waals surface area (Å²) in [6, 6.07) is 0.815. The van der Waals surface area contributed by atoms with Crippen LogP contribution < -0.4 is 5.32 Å². The summed E-state index contributed by atoms with van der Waals surface area (Å²) in [4.78, 5) is 2.77. The molecule has 2 unspecified atom stereocenters. The summed E-state index contributed by atoms with van der Waals surface area (Å²) < 4.78 is 0. The number of rotatable bonds is 2. The number of hydrogen-bond donors (Lipinski definition) is 1. The van der Waals surface area contributed by atoms with Crippen LogP contribution in [0.4, 0.5) is 0 Å². The van der Waals surface area contributed by atoms with Gasteiger partial charge in [-0.15, -0.1) is 0 Å². The van der Waals surface area contributed by atoms with E-state index in [1.807, 2.05) is 0 Å². The zero-order valence-electron chi connectivity index (χ0n) is 11.4. The minimum absolute atomic E-state index is 0.759. The van der Waals surface area contributed by atoms with Crippen LogP contribution in [-0.2, 0) is 0 Å². The molecule has 0 bridgehead atoms. The highest BCUT2D eigenvalue weighted by Crippen LogP contribution is 2.45. The summed E-state index contributed by atoms with van der Waals surface area (Å²) in [6.45, 7) is 7.78. The molecule has 1 spiro atoms. The van der Waals surface area contributed by atoms with Crippen LogP contribution in [0.5, 0.6) is 0 Å². The Morgan fingerprint density at radius 1 is 1.12 bits per heavy atom. The van der Waals surface area contributed by atoms with E-state index in [2.05, 4.69) is 17.1 Å². The van der Waals surface area contributed by atoms with Crippen molar-refractivity contribution in [1.82, 2.24) is 10.2 Å². The molecule has 2 heterocycles. The highest BCUT2D eigenvalue weighted by atomic mass is 15.2. The third kappa shape index (κ3) is 2.39. The summed E-state index contributed by atoms with van der Waals surface area (Å²) in [7, 11) is 0. The first-order chi connectivity index (χ1) is 8.29. The zero-order chi connectivity index (χ0) is 11.7. The van der Waals surface area contributed by atoms with Crippen molar-refractivity contribution in [3.05, 3.63) is 0 Å². The first kappa shape index (κ1) is 12.0. The Hall–Kier alpha value is -0.0800. The molecule has 2 atom stereocenters. The van der Waals surface area contributed by atoms with Gasteiger partial charge in [-0.05, 0) is 57.0 Å². The van der Waals surface area contributed by atoms with E-state index in [1.54, 1.807) is 0 Å². The Kier molecular flexibility index (Phi) is 3.45. The lowest BCUT2D eigenvalue weighted by molar-refractivity contribution is -0.0660. The molecular weight excluding hydrogens is 208 g/mol. The van der Waals surface area contributed by atoms with Crippen LogP contribution in [-0.4, -0.2) is 37.1 Å². The summed E-state index contributed by atoms with van der Waals surface area (Å²) in [6.07, 6.45) is 10.3. The Balaban J connectivity index is 1.50. The number of nitrogens with zero attached hydrogens (tertiary/aromatic N) is 1. The van der Waals surface area contributed by atoms with Crippen LogP contribution in [0.25, 0.3) is 0 Å². The van der Waals surface area contributed by atoms with Gasteiger partial charge in [0.25, 0.3) is 0 Å². The largest absolute Gasteiger partial charge is 0.316 e. The topological polar surface area (TPSA) is 15.3 Å². The van der Waals surface area contributed by atoms with Gasteiger partial charge in [0.05, 0.1) is 0 Å². The molecule has 0 amide bonds. The molecule has 3 rings (SSSR count). The monoisotopic (exact) mass is 236 g/mol. The van der Waals surface area contributed by atoms with E-state index in [9.17, 15) is 0 Å². The van der Waals surface area contributed by atoms with Gasteiger partial charge in [-0.1, -0.05) is 19.3 Å². The van der Waals surface area contributed by atoms with Gasteiger partial charge >= 0.3 is 0 Å². The minimum Gasteiger partial charge on any atom is -0.316 e. The van der Waals surface area contributed by atoms with Gasteiger partial charge in [0.15, 0.2) is 0 Å². The second kappa shape index (κ2) is 4.89. The molecule has 3 fully saturated rings. The molecule has 0 aromatic carbocycles. The van der Waals surface area contributed by atoms with Crippen LogP contribution in [0.2, 0.25) is 0 Å². The Bertz CT molecular complexity index is 244. The van der Waals surface area contributed by atoms with Crippen molar-refractivity contribution < 1.29 is 0 Å². The summed E-state index contributed by atoms with van der Waals surface area (Å²) in [5.41, 5.74) is 0.759. The van der Waals surface area contributed by atoms with Crippen LogP contribution >= 0.6 is 0 Å². The predicted octanol–water partition coefficient (Wildman–Crippen LogP) is 2.64. The van der Waals surface area contributed by atoms with Gasteiger partial charge in [0.1, 0.15) is 0 Å². The van der Waals surface area contributed by atoms with E-state index in [0.29, 0.717) is 0 Å². The zero-order valence-corrected chi connectivity index (χ0v) is 11.4. The van der Waals surface area contributed by atoms with Crippen molar-refractivity contribution >= 4 is 0 Å². The van der Waals surface area contributed by atoms with E-state index in [0.717, 1.165) is 17.4 Å². The fourth-order valence-electron chi connectivity index (χ4n) is 4.31. The number of likely N-dealkylation sites (tertiary alicyclic amines) is 1. The Morgan fingerprint density at radius 3 is 2.53 bits per heavy atom. The average Bonchev–Trinajstić information content (AvgIpc) is 2.37. The maximum Gasteiger partial charge on any atom is 0.0108 e. The molecule has 0 aromatic rings. The van der Waals surface area contributed by atoms with E-state index in [-0.39, 0.29) is 0 Å². The quantitative estimate of drug-likeness (QED) is 0.793. The van der Waals surface area contributed by atoms with Gasteiger partial charge in [0.2, 0.25) is 0 Å². The van der Waals surface area contributed by atoms with Crippen molar-refractivity contribution in [1.29, 1.82) is 0 Å². The number of piperidine rings is 1. The van der Waals surface area contributed by atoms with E-state index in [4.69, 9.17) is 0 Å². The molecule has 1 aliphatic carbocycles. The molecule has 2 heteroatoms. The molecule has 1 N–H and O–H groups in total. The van der Waals surface area contributed by atoms with E-state index < -0.39 is 0 Å².